The summed E-state index contributed by atoms with van der Waals surface area (Å²) in [5.74, 6) is -0.934. The van der Waals surface area contributed by atoms with E-state index >= 15 is 0 Å². The molecule has 6 heteroatoms. The Morgan fingerprint density at radius 1 is 1.03 bits per heavy atom. The second kappa shape index (κ2) is 7.46. The van der Waals surface area contributed by atoms with Gasteiger partial charge < -0.3 is 4.42 Å². The van der Waals surface area contributed by atoms with Crippen molar-refractivity contribution in [3.63, 3.8) is 0 Å². The number of benzene rings is 3. The van der Waals surface area contributed by atoms with E-state index in [0.717, 1.165) is 28.1 Å². The Hall–Kier alpha value is -3.25. The van der Waals surface area contributed by atoms with Crippen LogP contribution in [0.1, 0.15) is 40.2 Å². The van der Waals surface area contributed by atoms with Gasteiger partial charge >= 0.3 is 0 Å². The molecule has 1 aromatic heterocycles. The molecule has 0 bridgehead atoms. The molecule has 4 aromatic rings. The number of hydrogen-bond donors (Lipinski definition) is 0. The highest BCUT2D eigenvalue weighted by Crippen LogP contribution is 2.41. The smallest absolute Gasteiger partial charge is 0.295 e. The van der Waals surface area contributed by atoms with Crippen LogP contribution in [0.3, 0.4) is 0 Å². The third-order valence-electron chi connectivity index (χ3n) is 5.62. The number of halogens is 2. The van der Waals surface area contributed by atoms with E-state index < -0.39 is 23.2 Å². The monoisotopic (exact) mass is 477 g/mol. The highest BCUT2D eigenvalue weighted by molar-refractivity contribution is 9.10. The maximum atomic E-state index is 13.9. The third-order valence-corrected chi connectivity index (χ3v) is 6.11. The number of fused-ring (bicyclic) bond motifs is 2. The second-order valence-corrected chi connectivity index (χ2v) is 8.38. The summed E-state index contributed by atoms with van der Waals surface area (Å²) in [5, 5.41) is 0.120. The Morgan fingerprint density at radius 2 is 1.81 bits per heavy atom. The molecule has 5 rings (SSSR count). The Morgan fingerprint density at radius 3 is 2.52 bits per heavy atom. The molecule has 0 aliphatic carbocycles. The van der Waals surface area contributed by atoms with Crippen LogP contribution in [0.4, 0.5) is 10.1 Å². The Kier molecular flexibility index (Phi) is 4.74. The Labute approximate surface area is 186 Å². The molecule has 0 radical (unpaired) electrons. The quantitative estimate of drug-likeness (QED) is 0.363. The van der Waals surface area contributed by atoms with Crippen LogP contribution in [0.5, 0.6) is 0 Å². The predicted octanol–water partition coefficient (Wildman–Crippen LogP) is 6.01. The van der Waals surface area contributed by atoms with Gasteiger partial charge in [0.15, 0.2) is 5.43 Å². The first-order chi connectivity index (χ1) is 15.0. The largest absolute Gasteiger partial charge is 0.450 e. The van der Waals surface area contributed by atoms with E-state index in [0.29, 0.717) is 5.69 Å². The minimum Gasteiger partial charge on any atom is -0.450 e. The number of nitrogens with zero attached hydrogens (tertiary/aromatic N) is 1. The summed E-state index contributed by atoms with van der Waals surface area (Å²) in [5.41, 5.74) is 2.57. The van der Waals surface area contributed by atoms with Gasteiger partial charge in [-0.15, -0.1) is 0 Å². The summed E-state index contributed by atoms with van der Waals surface area (Å²) >= 11 is 3.47. The maximum absolute atomic E-state index is 13.9. The van der Waals surface area contributed by atoms with E-state index in [1.165, 1.54) is 12.1 Å². The van der Waals surface area contributed by atoms with Gasteiger partial charge in [0, 0.05) is 10.2 Å². The van der Waals surface area contributed by atoms with Crippen molar-refractivity contribution in [2.45, 2.75) is 19.4 Å². The van der Waals surface area contributed by atoms with E-state index in [1.807, 2.05) is 48.5 Å². The zero-order chi connectivity index (χ0) is 21.7. The molecule has 0 fully saturated rings. The van der Waals surface area contributed by atoms with Gasteiger partial charge in [-0.1, -0.05) is 47.1 Å². The van der Waals surface area contributed by atoms with Crippen LogP contribution in [0.2, 0.25) is 0 Å². The van der Waals surface area contributed by atoms with Crippen LogP contribution in [0, 0.1) is 5.82 Å². The molecule has 1 aliphatic rings. The van der Waals surface area contributed by atoms with Gasteiger partial charge in [0.05, 0.1) is 17.0 Å². The molecule has 1 aliphatic heterocycles. The maximum Gasteiger partial charge on any atom is 0.295 e. The highest BCUT2D eigenvalue weighted by atomic mass is 79.9. The zero-order valence-corrected chi connectivity index (χ0v) is 18.1. The van der Waals surface area contributed by atoms with E-state index in [-0.39, 0.29) is 22.3 Å². The van der Waals surface area contributed by atoms with E-state index in [1.54, 1.807) is 4.90 Å². The summed E-state index contributed by atoms with van der Waals surface area (Å²) in [4.78, 5) is 28.5. The summed E-state index contributed by atoms with van der Waals surface area (Å²) in [6.45, 7) is 2.06. The standard InChI is InChI=1S/C25H17BrFNO3/c1-2-14-6-9-18(10-7-14)28-22(15-4-3-5-16(26)12-15)21-23(29)19-13-17(27)8-11-20(19)31-24(21)25(28)30/h3-13,22H,2H2,1H3. The number of hydrogen-bond acceptors (Lipinski definition) is 3. The van der Waals surface area contributed by atoms with Gasteiger partial charge in [0.2, 0.25) is 5.76 Å². The summed E-state index contributed by atoms with van der Waals surface area (Å²) < 4.78 is 20.6. The second-order valence-electron chi connectivity index (χ2n) is 7.47. The lowest BCUT2D eigenvalue weighted by Crippen LogP contribution is -2.29. The van der Waals surface area contributed by atoms with Crippen LogP contribution in [0.25, 0.3) is 11.0 Å². The van der Waals surface area contributed by atoms with E-state index in [2.05, 4.69) is 22.9 Å². The van der Waals surface area contributed by atoms with Crippen molar-refractivity contribution in [3.05, 3.63) is 110 Å². The van der Waals surface area contributed by atoms with E-state index in [9.17, 15) is 14.0 Å². The molecule has 0 N–H and O–H groups in total. The first kappa shape index (κ1) is 19.7. The number of carbonyl (C=O) groups is 1. The number of rotatable bonds is 3. The average Bonchev–Trinajstić information content (AvgIpc) is 3.07. The highest BCUT2D eigenvalue weighted by Gasteiger charge is 2.43. The van der Waals surface area contributed by atoms with E-state index in [4.69, 9.17) is 4.42 Å². The molecule has 0 spiro atoms. The SMILES string of the molecule is CCc1ccc(N2C(=O)c3oc4ccc(F)cc4c(=O)c3C2c2cccc(Br)c2)cc1. The van der Waals surface area contributed by atoms with Gasteiger partial charge in [-0.05, 0) is 60.0 Å². The topological polar surface area (TPSA) is 50.5 Å². The van der Waals surface area contributed by atoms with Crippen molar-refractivity contribution in [2.24, 2.45) is 0 Å². The number of amides is 1. The first-order valence-corrected chi connectivity index (χ1v) is 10.7. The van der Waals surface area contributed by atoms with Crippen LogP contribution >= 0.6 is 15.9 Å². The summed E-state index contributed by atoms with van der Waals surface area (Å²) in [6.07, 6.45) is 0.876. The van der Waals surface area contributed by atoms with Crippen molar-refractivity contribution in [1.82, 2.24) is 0 Å². The van der Waals surface area contributed by atoms with Crippen molar-refractivity contribution in [2.75, 3.05) is 4.90 Å². The normalized spacial score (nSPS) is 15.5. The minimum atomic E-state index is -0.684. The molecule has 154 valence electrons. The van der Waals surface area contributed by atoms with Crippen molar-refractivity contribution < 1.29 is 13.6 Å². The molecule has 1 unspecified atom stereocenters. The van der Waals surface area contributed by atoms with Crippen LogP contribution < -0.4 is 10.3 Å². The van der Waals surface area contributed by atoms with Crippen LogP contribution in [0.15, 0.2) is 80.4 Å². The fourth-order valence-corrected chi connectivity index (χ4v) is 4.51. The Bertz CT molecular complexity index is 1390. The zero-order valence-electron chi connectivity index (χ0n) is 16.6. The van der Waals surface area contributed by atoms with Crippen molar-refractivity contribution >= 4 is 38.5 Å². The molecular formula is C25H17BrFNO3. The Balaban J connectivity index is 1.80. The molecule has 31 heavy (non-hydrogen) atoms. The average molecular weight is 478 g/mol. The molecule has 0 saturated carbocycles. The predicted molar refractivity (Wildman–Crippen MR) is 121 cm³/mol. The molecule has 1 amide bonds. The minimum absolute atomic E-state index is 0.00588. The van der Waals surface area contributed by atoms with Crippen molar-refractivity contribution in [3.8, 4) is 0 Å². The molecule has 4 nitrogen and oxygen atoms in total. The van der Waals surface area contributed by atoms with Gasteiger partial charge in [-0.25, -0.2) is 4.39 Å². The lowest BCUT2D eigenvalue weighted by atomic mass is 9.98. The first-order valence-electron chi connectivity index (χ1n) is 9.92. The summed E-state index contributed by atoms with van der Waals surface area (Å²) in [6, 6.07) is 18.2. The van der Waals surface area contributed by atoms with Crippen LogP contribution in [-0.2, 0) is 6.42 Å². The molecule has 3 aromatic carbocycles. The van der Waals surface area contributed by atoms with Gasteiger partial charge in [-0.3, -0.25) is 14.5 Å². The number of aryl methyl sites for hydroxylation is 1. The fourth-order valence-electron chi connectivity index (χ4n) is 4.10. The van der Waals surface area contributed by atoms with Gasteiger partial charge in [0.1, 0.15) is 11.4 Å². The molecular weight excluding hydrogens is 461 g/mol. The fraction of sp³-hybridized carbons (Fsp3) is 0.120. The van der Waals surface area contributed by atoms with Crippen molar-refractivity contribution in [1.29, 1.82) is 0 Å². The van der Waals surface area contributed by atoms with Gasteiger partial charge in [0.25, 0.3) is 5.91 Å². The summed E-state index contributed by atoms with van der Waals surface area (Å²) in [7, 11) is 0. The number of anilines is 1. The lowest BCUT2D eigenvalue weighted by Gasteiger charge is -2.25. The molecule has 0 saturated heterocycles. The van der Waals surface area contributed by atoms with Crippen LogP contribution in [-0.4, -0.2) is 5.91 Å². The number of carbonyl (C=O) groups excluding carboxylic acids is 1. The van der Waals surface area contributed by atoms with Gasteiger partial charge in [-0.2, -0.15) is 0 Å². The molecule has 2 heterocycles. The third kappa shape index (κ3) is 3.18. The molecule has 1 atom stereocenters. The lowest BCUT2D eigenvalue weighted by molar-refractivity contribution is 0.0971.